The van der Waals surface area contributed by atoms with Crippen LogP contribution in [0.3, 0.4) is 0 Å². The normalized spacial score (nSPS) is 32.7. The molecule has 1 saturated heterocycles. The molecule has 2 aliphatic carbocycles. The lowest BCUT2D eigenvalue weighted by Gasteiger charge is -2.60. The lowest BCUT2D eigenvalue weighted by atomic mass is 9.47. The summed E-state index contributed by atoms with van der Waals surface area (Å²) in [7, 11) is 0. The first kappa shape index (κ1) is 9.66. The van der Waals surface area contributed by atoms with Gasteiger partial charge in [-0.3, -0.25) is 0 Å². The van der Waals surface area contributed by atoms with Crippen LogP contribution in [0.1, 0.15) is 44.9 Å². The van der Waals surface area contributed by atoms with Gasteiger partial charge >= 0.3 is 0 Å². The van der Waals surface area contributed by atoms with E-state index in [0.29, 0.717) is 11.3 Å². The largest absolute Gasteiger partial charge is 0.380 e. The number of nitriles is 1. The van der Waals surface area contributed by atoms with Crippen LogP contribution in [-0.4, -0.2) is 13.2 Å². The lowest BCUT2D eigenvalue weighted by Crippen LogP contribution is -2.59. The highest BCUT2D eigenvalue weighted by Gasteiger charge is 2.61. The topological polar surface area (TPSA) is 33.0 Å². The summed E-state index contributed by atoms with van der Waals surface area (Å²) in [6.45, 7) is 1.84. The Labute approximate surface area is 91.6 Å². The van der Waals surface area contributed by atoms with Crippen LogP contribution in [0.2, 0.25) is 0 Å². The molecule has 82 valence electrons. The maximum atomic E-state index is 9.45. The quantitative estimate of drug-likeness (QED) is 0.659. The van der Waals surface area contributed by atoms with Crippen molar-refractivity contribution in [3.8, 4) is 6.07 Å². The molecule has 0 unspecified atom stereocenters. The van der Waals surface area contributed by atoms with E-state index < -0.39 is 0 Å². The molecule has 0 N–H and O–H groups in total. The molecule has 0 radical (unpaired) electrons. The van der Waals surface area contributed by atoms with Gasteiger partial charge in [-0.25, -0.2) is 0 Å². The maximum absolute atomic E-state index is 9.45. The molecule has 3 aliphatic rings. The molecule has 0 atom stereocenters. The number of rotatable bonds is 1. The zero-order valence-electron chi connectivity index (χ0n) is 9.30. The fourth-order valence-corrected chi connectivity index (χ4v) is 4.00. The molecule has 15 heavy (non-hydrogen) atoms. The second kappa shape index (κ2) is 3.22. The second-order valence-corrected chi connectivity index (χ2v) is 5.95. The van der Waals surface area contributed by atoms with Crippen molar-refractivity contribution in [2.75, 3.05) is 13.2 Å². The average molecular weight is 205 g/mol. The van der Waals surface area contributed by atoms with Gasteiger partial charge < -0.3 is 4.74 Å². The SMILES string of the molecule is N#CC1(C2CCCCC2)CC2(COC2)C1. The van der Waals surface area contributed by atoms with E-state index in [4.69, 9.17) is 4.74 Å². The fraction of sp³-hybridized carbons (Fsp3) is 0.923. The van der Waals surface area contributed by atoms with E-state index in [1.807, 2.05) is 0 Å². The van der Waals surface area contributed by atoms with Gasteiger partial charge in [0.1, 0.15) is 0 Å². The molecule has 3 fully saturated rings. The van der Waals surface area contributed by atoms with Gasteiger partial charge in [0.25, 0.3) is 0 Å². The van der Waals surface area contributed by atoms with Crippen LogP contribution in [0.5, 0.6) is 0 Å². The van der Waals surface area contributed by atoms with Crippen molar-refractivity contribution < 1.29 is 4.74 Å². The van der Waals surface area contributed by atoms with Crippen molar-refractivity contribution >= 4 is 0 Å². The maximum Gasteiger partial charge on any atom is 0.0693 e. The van der Waals surface area contributed by atoms with Gasteiger partial charge in [-0.2, -0.15) is 5.26 Å². The van der Waals surface area contributed by atoms with Crippen molar-refractivity contribution in [3.63, 3.8) is 0 Å². The summed E-state index contributed by atoms with van der Waals surface area (Å²) < 4.78 is 5.30. The fourth-order valence-electron chi connectivity index (χ4n) is 4.00. The molecule has 1 spiro atoms. The third-order valence-electron chi connectivity index (χ3n) is 4.81. The molecule has 0 aromatic carbocycles. The molecule has 3 rings (SSSR count). The number of nitrogens with zero attached hydrogens (tertiary/aromatic N) is 1. The van der Waals surface area contributed by atoms with Crippen molar-refractivity contribution in [1.82, 2.24) is 0 Å². The summed E-state index contributed by atoms with van der Waals surface area (Å²) in [6.07, 6.45) is 8.92. The molecule has 1 aliphatic heterocycles. The Morgan fingerprint density at radius 1 is 1.07 bits per heavy atom. The van der Waals surface area contributed by atoms with Crippen LogP contribution in [-0.2, 0) is 4.74 Å². The van der Waals surface area contributed by atoms with Gasteiger partial charge in [0, 0.05) is 5.41 Å². The Balaban J connectivity index is 1.69. The van der Waals surface area contributed by atoms with Crippen LogP contribution in [0.25, 0.3) is 0 Å². The van der Waals surface area contributed by atoms with Gasteiger partial charge in [0.15, 0.2) is 0 Å². The first-order valence-corrected chi connectivity index (χ1v) is 6.28. The third kappa shape index (κ3) is 1.33. The summed E-state index contributed by atoms with van der Waals surface area (Å²) in [6, 6.07) is 2.65. The molecule has 0 bridgehead atoms. The van der Waals surface area contributed by atoms with Crippen LogP contribution in [0, 0.1) is 28.1 Å². The smallest absolute Gasteiger partial charge is 0.0693 e. The standard InChI is InChI=1S/C13H19NO/c14-8-13(11-4-2-1-3-5-11)6-12(7-13)9-15-10-12/h11H,1-7,9-10H2. The Kier molecular flexibility index (Phi) is 2.07. The van der Waals surface area contributed by atoms with E-state index in [-0.39, 0.29) is 5.41 Å². The van der Waals surface area contributed by atoms with Crippen LogP contribution in [0.4, 0.5) is 0 Å². The molecule has 2 nitrogen and oxygen atoms in total. The highest BCUT2D eigenvalue weighted by Crippen LogP contribution is 2.63. The van der Waals surface area contributed by atoms with Crippen molar-refractivity contribution in [2.45, 2.75) is 44.9 Å². The predicted octanol–water partition coefficient (Wildman–Crippen LogP) is 2.89. The number of ether oxygens (including phenoxy) is 1. The average Bonchev–Trinajstić information content (AvgIpc) is 2.17. The summed E-state index contributed by atoms with van der Waals surface area (Å²) in [5.74, 6) is 0.697. The molecule has 0 aromatic rings. The second-order valence-electron chi connectivity index (χ2n) is 5.95. The molecule has 2 heteroatoms. The molecule has 1 heterocycles. The Morgan fingerprint density at radius 3 is 2.20 bits per heavy atom. The molecular formula is C13H19NO. The van der Waals surface area contributed by atoms with E-state index in [1.54, 1.807) is 0 Å². The van der Waals surface area contributed by atoms with Gasteiger partial charge in [0.2, 0.25) is 0 Å². The minimum absolute atomic E-state index is 0.0458. The summed E-state index contributed by atoms with van der Waals surface area (Å²) >= 11 is 0. The highest BCUT2D eigenvalue weighted by atomic mass is 16.5. The van der Waals surface area contributed by atoms with Gasteiger partial charge in [0.05, 0.1) is 24.7 Å². The molecular weight excluding hydrogens is 186 g/mol. The number of hydrogen-bond donors (Lipinski definition) is 0. The van der Waals surface area contributed by atoms with E-state index in [0.717, 1.165) is 26.1 Å². The predicted molar refractivity (Wildman–Crippen MR) is 57.1 cm³/mol. The minimum Gasteiger partial charge on any atom is -0.380 e. The number of hydrogen-bond acceptors (Lipinski definition) is 2. The van der Waals surface area contributed by atoms with Gasteiger partial charge in [-0.15, -0.1) is 0 Å². The monoisotopic (exact) mass is 205 g/mol. The van der Waals surface area contributed by atoms with E-state index in [1.165, 1.54) is 32.1 Å². The van der Waals surface area contributed by atoms with Gasteiger partial charge in [-0.05, 0) is 31.6 Å². The summed E-state index contributed by atoms with van der Waals surface area (Å²) in [5.41, 5.74) is 0.484. The highest BCUT2D eigenvalue weighted by molar-refractivity contribution is 5.18. The van der Waals surface area contributed by atoms with Crippen LogP contribution < -0.4 is 0 Å². The van der Waals surface area contributed by atoms with Crippen LogP contribution in [0.15, 0.2) is 0 Å². The zero-order valence-corrected chi connectivity index (χ0v) is 9.30. The first-order valence-electron chi connectivity index (χ1n) is 6.28. The van der Waals surface area contributed by atoms with Crippen molar-refractivity contribution in [1.29, 1.82) is 5.26 Å². The first-order chi connectivity index (χ1) is 7.29. The summed E-state index contributed by atoms with van der Waals surface area (Å²) in [5, 5.41) is 9.45. The van der Waals surface area contributed by atoms with Crippen LogP contribution >= 0.6 is 0 Å². The lowest BCUT2D eigenvalue weighted by molar-refractivity contribution is -0.211. The van der Waals surface area contributed by atoms with Crippen molar-refractivity contribution in [2.24, 2.45) is 16.7 Å². The summed E-state index contributed by atoms with van der Waals surface area (Å²) in [4.78, 5) is 0. The Hall–Kier alpha value is -0.550. The zero-order chi connectivity index (χ0) is 10.4. The van der Waals surface area contributed by atoms with Crippen molar-refractivity contribution in [3.05, 3.63) is 0 Å². The minimum atomic E-state index is 0.0458. The Bertz CT molecular complexity index is 286. The van der Waals surface area contributed by atoms with E-state index in [2.05, 4.69) is 6.07 Å². The Morgan fingerprint density at radius 2 is 1.73 bits per heavy atom. The molecule has 0 amide bonds. The molecule has 2 saturated carbocycles. The van der Waals surface area contributed by atoms with E-state index in [9.17, 15) is 5.26 Å². The van der Waals surface area contributed by atoms with Gasteiger partial charge in [-0.1, -0.05) is 19.3 Å². The third-order valence-corrected chi connectivity index (χ3v) is 4.81. The molecule has 0 aromatic heterocycles. The van der Waals surface area contributed by atoms with E-state index >= 15 is 0 Å².